The van der Waals surface area contributed by atoms with E-state index in [1.165, 1.54) is 4.24 Å². The molecule has 3 nitrogen and oxygen atoms in total. The summed E-state index contributed by atoms with van der Waals surface area (Å²) in [5, 5.41) is 5.84. The van der Waals surface area contributed by atoms with Gasteiger partial charge in [0.25, 0.3) is 15.1 Å². The summed E-state index contributed by atoms with van der Waals surface area (Å²) in [5.74, 6) is 0. The Morgan fingerprint density at radius 3 is 2.75 bits per heavy atom. The molecule has 0 radical (unpaired) electrons. The Morgan fingerprint density at radius 2 is 2.38 bits per heavy atom. The quantitative estimate of drug-likeness (QED) is 0.321. The van der Waals surface area contributed by atoms with E-state index in [9.17, 15) is 0 Å². The molecule has 1 fully saturated rings. The number of nitrogens with zero attached hydrogens (tertiary/aromatic N) is 1. The second-order valence-electron chi connectivity index (χ2n) is 1.52. The van der Waals surface area contributed by atoms with Crippen molar-refractivity contribution >= 4 is 44.7 Å². The predicted molar refractivity (Wildman–Crippen MR) is 39.9 cm³/mol. The van der Waals surface area contributed by atoms with Gasteiger partial charge in [0, 0.05) is 0 Å². The average Bonchev–Trinajstić information content (AvgIpc) is 1.77. The fourth-order valence-electron chi connectivity index (χ4n) is 0.498. The van der Waals surface area contributed by atoms with Crippen LogP contribution in [-0.2, 0) is 0 Å². The Hall–Kier alpha value is 0.655. The molecular weight excluding hydrogens is 145 g/mol. The Balaban J connectivity index is 2.28. The molecule has 1 aliphatic heterocycles. The van der Waals surface area contributed by atoms with Crippen molar-refractivity contribution in [2.45, 2.75) is 0 Å². The van der Waals surface area contributed by atoms with E-state index in [0.29, 0.717) is 7.55 Å². The van der Waals surface area contributed by atoms with Gasteiger partial charge in [0.15, 0.2) is 0 Å². The van der Waals surface area contributed by atoms with Gasteiger partial charge in [-0.2, -0.15) is 0 Å². The van der Waals surface area contributed by atoms with E-state index in [1.807, 2.05) is 0 Å². The minimum Gasteiger partial charge on any atom is -0.377 e. The highest BCUT2D eigenvalue weighted by Gasteiger charge is 2.23. The van der Waals surface area contributed by atoms with Crippen molar-refractivity contribution in [2.75, 3.05) is 0 Å². The first-order valence-electron chi connectivity index (χ1n) is 2.31. The summed E-state index contributed by atoms with van der Waals surface area (Å²) in [6.07, 6.45) is -0.238. The third kappa shape index (κ3) is 1.57. The van der Waals surface area contributed by atoms with Crippen molar-refractivity contribution in [1.82, 2.24) is 14.5 Å². The van der Waals surface area contributed by atoms with Gasteiger partial charge in [-0.1, -0.05) is 0 Å². The van der Waals surface area contributed by atoms with Gasteiger partial charge in [0.05, 0.1) is 0 Å². The molecule has 0 atom stereocenters. The maximum atomic E-state index is 5.61. The molecule has 1 heterocycles. The number of hydrogen-bond donors (Lipinski definition) is 2. The van der Waals surface area contributed by atoms with E-state index >= 15 is 0 Å². The van der Waals surface area contributed by atoms with Gasteiger partial charge in [-0.3, -0.25) is 4.24 Å². The number of rotatable bonds is 0. The SMILES string of the molecule is ClB1NBNBN1Cl. The molecule has 0 bridgehead atoms. The maximum Gasteiger partial charge on any atom is 0.410 e. The largest absolute Gasteiger partial charge is 0.410 e. The monoisotopic (exact) mass is 149 g/mol. The van der Waals surface area contributed by atoms with Crippen molar-refractivity contribution < 1.29 is 0 Å². The molecule has 0 spiro atoms. The molecular formula is H4B3Cl2N3. The molecule has 0 unspecified atom stereocenters. The summed E-state index contributed by atoms with van der Waals surface area (Å²) in [6.45, 7) is 0. The molecule has 0 amide bonds. The molecule has 2 N–H and O–H groups in total. The molecule has 0 aromatic carbocycles. The van der Waals surface area contributed by atoms with Crippen molar-refractivity contribution in [3.63, 3.8) is 0 Å². The summed E-state index contributed by atoms with van der Waals surface area (Å²) in [7, 11) is 1.35. The molecule has 42 valence electrons. The topological polar surface area (TPSA) is 27.3 Å². The highest BCUT2D eigenvalue weighted by molar-refractivity contribution is 7.11. The zero-order valence-corrected chi connectivity index (χ0v) is 5.71. The van der Waals surface area contributed by atoms with Crippen LogP contribution in [0.1, 0.15) is 0 Å². The van der Waals surface area contributed by atoms with Gasteiger partial charge in [-0.25, -0.2) is 0 Å². The molecule has 1 rings (SSSR count). The van der Waals surface area contributed by atoms with Crippen LogP contribution in [0.5, 0.6) is 0 Å². The van der Waals surface area contributed by atoms with Gasteiger partial charge in [0.1, 0.15) is 0 Å². The molecule has 0 saturated carbocycles. The Bertz CT molecular complexity index is 68.9. The zero-order valence-electron chi connectivity index (χ0n) is 4.19. The van der Waals surface area contributed by atoms with Gasteiger partial charge < -0.3 is 10.3 Å². The van der Waals surface area contributed by atoms with Gasteiger partial charge >= 0.3 is 6.40 Å². The van der Waals surface area contributed by atoms with E-state index < -0.39 is 0 Å². The zero-order chi connectivity index (χ0) is 5.98. The van der Waals surface area contributed by atoms with E-state index in [-0.39, 0.29) is 6.40 Å². The van der Waals surface area contributed by atoms with Gasteiger partial charge in [-0.15, -0.1) is 11.5 Å². The summed E-state index contributed by atoms with van der Waals surface area (Å²) in [6, 6.07) is 0. The Morgan fingerprint density at radius 1 is 1.62 bits per heavy atom. The van der Waals surface area contributed by atoms with Crippen LogP contribution in [0.2, 0.25) is 0 Å². The third-order valence-corrected chi connectivity index (χ3v) is 1.71. The minimum absolute atomic E-state index is 0.238. The first-order valence-corrected chi connectivity index (χ1v) is 3.09. The first-order chi connectivity index (χ1) is 3.80. The lowest BCUT2D eigenvalue weighted by molar-refractivity contribution is 1.02. The van der Waals surface area contributed by atoms with Crippen LogP contribution in [0.3, 0.4) is 0 Å². The lowest BCUT2D eigenvalue weighted by Crippen LogP contribution is -2.59. The van der Waals surface area contributed by atoms with E-state index in [0.717, 1.165) is 7.55 Å². The smallest absolute Gasteiger partial charge is 0.377 e. The highest BCUT2D eigenvalue weighted by atomic mass is 35.5. The molecule has 0 aliphatic carbocycles. The molecule has 0 aromatic heterocycles. The number of hydrogen-bond acceptors (Lipinski definition) is 3. The normalized spacial score (nSPS) is 22.0. The lowest BCUT2D eigenvalue weighted by atomic mass is 9.84. The molecule has 8 heteroatoms. The summed E-state index contributed by atoms with van der Waals surface area (Å²) in [4.78, 5) is 0. The highest BCUT2D eigenvalue weighted by Crippen LogP contribution is 1.98. The van der Waals surface area contributed by atoms with Crippen LogP contribution >= 0.6 is 23.2 Å². The third-order valence-electron chi connectivity index (χ3n) is 0.904. The lowest BCUT2D eigenvalue weighted by Gasteiger charge is -2.21. The predicted octanol–water partition coefficient (Wildman–Crippen LogP) is -1.61. The first kappa shape index (κ1) is 6.77. The second kappa shape index (κ2) is 2.99. The Kier molecular flexibility index (Phi) is 2.53. The second-order valence-corrected chi connectivity index (χ2v) is 2.37. The van der Waals surface area contributed by atoms with Crippen molar-refractivity contribution in [3.8, 4) is 0 Å². The minimum atomic E-state index is -0.238. The van der Waals surface area contributed by atoms with Crippen LogP contribution in [-0.4, -0.2) is 25.7 Å². The van der Waals surface area contributed by atoms with E-state index in [1.54, 1.807) is 0 Å². The summed E-state index contributed by atoms with van der Waals surface area (Å²) >= 11 is 11.2. The van der Waals surface area contributed by atoms with Gasteiger partial charge in [0.2, 0.25) is 0 Å². The van der Waals surface area contributed by atoms with Crippen molar-refractivity contribution in [1.29, 1.82) is 0 Å². The molecule has 1 aliphatic rings. The number of nitrogens with one attached hydrogen (secondary N) is 2. The van der Waals surface area contributed by atoms with Gasteiger partial charge in [-0.05, 0) is 11.8 Å². The average molecular weight is 149 g/mol. The van der Waals surface area contributed by atoms with Crippen molar-refractivity contribution in [2.24, 2.45) is 0 Å². The fourth-order valence-corrected chi connectivity index (χ4v) is 0.798. The summed E-state index contributed by atoms with van der Waals surface area (Å²) < 4.78 is 1.45. The van der Waals surface area contributed by atoms with Crippen molar-refractivity contribution in [3.05, 3.63) is 0 Å². The molecule has 8 heavy (non-hydrogen) atoms. The molecule has 0 aromatic rings. The van der Waals surface area contributed by atoms with Crippen LogP contribution in [0.4, 0.5) is 0 Å². The summed E-state index contributed by atoms with van der Waals surface area (Å²) in [5.41, 5.74) is 0. The van der Waals surface area contributed by atoms with Crippen LogP contribution in [0, 0.1) is 0 Å². The van der Waals surface area contributed by atoms with Crippen LogP contribution in [0.25, 0.3) is 0 Å². The molecule has 1 saturated heterocycles. The maximum absolute atomic E-state index is 5.61. The standard InChI is InChI=1S/B3Cl2H4N3/c4-3-7-1-6-2-8(3)5/h1-2,6-7H. The van der Waals surface area contributed by atoms with E-state index in [2.05, 4.69) is 10.3 Å². The fraction of sp³-hybridized carbons (Fsp3) is 0. The number of halogens is 2. The Labute approximate surface area is 59.8 Å². The van der Waals surface area contributed by atoms with Crippen LogP contribution in [0.15, 0.2) is 0 Å². The van der Waals surface area contributed by atoms with Crippen LogP contribution < -0.4 is 10.3 Å². The van der Waals surface area contributed by atoms with E-state index in [4.69, 9.17) is 23.2 Å².